The van der Waals surface area contributed by atoms with Crippen molar-refractivity contribution in [2.24, 2.45) is 7.05 Å². The summed E-state index contributed by atoms with van der Waals surface area (Å²) in [5.41, 5.74) is 1.62. The van der Waals surface area contributed by atoms with Gasteiger partial charge in [0.2, 0.25) is 0 Å². The number of carbonyl (C=O) groups is 1. The lowest BCUT2D eigenvalue weighted by Gasteiger charge is -2.19. The van der Waals surface area contributed by atoms with Crippen molar-refractivity contribution in [3.05, 3.63) is 41.3 Å². The van der Waals surface area contributed by atoms with Crippen LogP contribution in [0.4, 0.5) is 5.82 Å². The third-order valence-electron chi connectivity index (χ3n) is 2.89. The highest BCUT2D eigenvalue weighted by Crippen LogP contribution is 2.23. The molecule has 19 heavy (non-hydrogen) atoms. The van der Waals surface area contributed by atoms with Crippen LogP contribution < -0.4 is 4.90 Å². The highest BCUT2D eigenvalue weighted by atomic mass is 16.4. The lowest BCUT2D eigenvalue weighted by Crippen LogP contribution is -2.22. The van der Waals surface area contributed by atoms with Crippen LogP contribution in [0, 0.1) is 6.92 Å². The Kier molecular flexibility index (Phi) is 3.50. The fourth-order valence-corrected chi connectivity index (χ4v) is 2.14. The normalized spacial score (nSPS) is 10.5. The van der Waals surface area contributed by atoms with Crippen LogP contribution in [0.25, 0.3) is 0 Å². The summed E-state index contributed by atoms with van der Waals surface area (Å²) in [5.74, 6) is -0.385. The number of aromatic carboxylic acids is 1. The zero-order valence-corrected chi connectivity index (χ0v) is 11.2. The van der Waals surface area contributed by atoms with Crippen molar-refractivity contribution in [1.29, 1.82) is 0 Å². The molecular formula is C13H16N4O2. The maximum Gasteiger partial charge on any atom is 0.341 e. The molecule has 2 aromatic heterocycles. The Morgan fingerprint density at radius 1 is 1.47 bits per heavy atom. The fraction of sp³-hybridized carbons (Fsp3) is 0.308. The molecule has 0 aliphatic rings. The Hall–Kier alpha value is -2.37. The molecule has 2 aromatic rings. The fourth-order valence-electron chi connectivity index (χ4n) is 2.14. The van der Waals surface area contributed by atoms with Gasteiger partial charge in [0.05, 0.1) is 17.9 Å². The number of hydrogen-bond donors (Lipinski definition) is 1. The molecule has 0 saturated heterocycles. The molecule has 0 aliphatic heterocycles. The summed E-state index contributed by atoms with van der Waals surface area (Å²) in [6.45, 7) is 2.22. The molecule has 0 bridgehead atoms. The maximum absolute atomic E-state index is 11.3. The summed E-state index contributed by atoms with van der Waals surface area (Å²) in [7, 11) is 3.57. The van der Waals surface area contributed by atoms with Crippen LogP contribution in [0.1, 0.15) is 21.7 Å². The number of nitrogens with zero attached hydrogens (tertiary/aromatic N) is 4. The number of hydrogen-bond acceptors (Lipinski definition) is 4. The number of aryl methyl sites for hydroxylation is 2. The topological polar surface area (TPSA) is 71.2 Å². The Labute approximate surface area is 111 Å². The molecule has 0 fully saturated rings. The first-order valence-corrected chi connectivity index (χ1v) is 5.88. The third kappa shape index (κ3) is 2.57. The lowest BCUT2D eigenvalue weighted by molar-refractivity contribution is 0.0696. The molecule has 6 nitrogen and oxygen atoms in total. The van der Waals surface area contributed by atoms with Gasteiger partial charge >= 0.3 is 5.97 Å². The first-order chi connectivity index (χ1) is 9.00. The van der Waals surface area contributed by atoms with Crippen molar-refractivity contribution in [3.63, 3.8) is 0 Å². The molecule has 0 atom stereocenters. The van der Waals surface area contributed by atoms with E-state index in [1.165, 1.54) is 0 Å². The van der Waals surface area contributed by atoms with Crippen LogP contribution in [0.15, 0.2) is 24.4 Å². The van der Waals surface area contributed by atoms with E-state index in [2.05, 4.69) is 10.1 Å². The van der Waals surface area contributed by atoms with E-state index in [4.69, 9.17) is 0 Å². The van der Waals surface area contributed by atoms with Gasteiger partial charge in [0, 0.05) is 20.3 Å². The predicted molar refractivity (Wildman–Crippen MR) is 71.2 cm³/mol. The van der Waals surface area contributed by atoms with Gasteiger partial charge in [-0.05, 0) is 19.1 Å². The molecule has 0 amide bonds. The van der Waals surface area contributed by atoms with Crippen molar-refractivity contribution >= 4 is 11.8 Å². The van der Waals surface area contributed by atoms with Gasteiger partial charge in [0.15, 0.2) is 0 Å². The molecule has 0 aliphatic carbocycles. The minimum absolute atomic E-state index is 0.237. The van der Waals surface area contributed by atoms with Crippen LogP contribution in [-0.2, 0) is 13.6 Å². The van der Waals surface area contributed by atoms with Gasteiger partial charge in [-0.1, -0.05) is 6.07 Å². The molecule has 0 spiro atoms. The number of anilines is 1. The summed E-state index contributed by atoms with van der Waals surface area (Å²) in [6, 6.07) is 5.66. The Morgan fingerprint density at radius 3 is 2.79 bits per heavy atom. The smallest absolute Gasteiger partial charge is 0.341 e. The molecule has 0 saturated carbocycles. The quantitative estimate of drug-likeness (QED) is 0.901. The monoisotopic (exact) mass is 260 g/mol. The highest BCUT2D eigenvalue weighted by molar-refractivity contribution is 5.94. The minimum atomic E-state index is -0.964. The third-order valence-corrected chi connectivity index (χ3v) is 2.89. The van der Waals surface area contributed by atoms with Gasteiger partial charge in [-0.25, -0.2) is 4.79 Å². The van der Waals surface area contributed by atoms with Gasteiger partial charge in [-0.2, -0.15) is 5.10 Å². The second-order valence-electron chi connectivity index (χ2n) is 4.39. The van der Waals surface area contributed by atoms with E-state index in [1.807, 2.05) is 30.1 Å². The largest absolute Gasteiger partial charge is 0.477 e. The van der Waals surface area contributed by atoms with Crippen LogP contribution >= 0.6 is 0 Å². The average Bonchev–Trinajstić information content (AvgIpc) is 2.65. The van der Waals surface area contributed by atoms with E-state index in [9.17, 15) is 9.90 Å². The number of carboxylic acids is 1. The Bertz CT molecular complexity index is 592. The zero-order chi connectivity index (χ0) is 14.0. The zero-order valence-electron chi connectivity index (χ0n) is 11.2. The van der Waals surface area contributed by atoms with Crippen molar-refractivity contribution in [3.8, 4) is 0 Å². The molecule has 2 heterocycles. The van der Waals surface area contributed by atoms with Crippen LogP contribution in [0.3, 0.4) is 0 Å². The SMILES string of the molecule is Cc1nn(C)c(N(C)Cc2ccccn2)c1C(=O)O. The predicted octanol–water partition coefficient (Wildman–Crippen LogP) is 1.46. The number of aromatic nitrogens is 3. The summed E-state index contributed by atoms with van der Waals surface area (Å²) in [6.07, 6.45) is 1.72. The first-order valence-electron chi connectivity index (χ1n) is 5.88. The summed E-state index contributed by atoms with van der Waals surface area (Å²) in [5, 5.41) is 13.4. The molecule has 0 radical (unpaired) electrons. The summed E-state index contributed by atoms with van der Waals surface area (Å²) >= 11 is 0. The van der Waals surface area contributed by atoms with Gasteiger partial charge in [-0.3, -0.25) is 9.67 Å². The van der Waals surface area contributed by atoms with Crippen molar-refractivity contribution in [2.75, 3.05) is 11.9 Å². The van der Waals surface area contributed by atoms with Crippen molar-refractivity contribution in [2.45, 2.75) is 13.5 Å². The maximum atomic E-state index is 11.3. The van der Waals surface area contributed by atoms with Gasteiger partial charge in [0.1, 0.15) is 11.4 Å². The second-order valence-corrected chi connectivity index (χ2v) is 4.39. The Balaban J connectivity index is 2.34. The minimum Gasteiger partial charge on any atom is -0.477 e. The van der Waals surface area contributed by atoms with Crippen LogP contribution in [0.5, 0.6) is 0 Å². The van der Waals surface area contributed by atoms with Gasteiger partial charge < -0.3 is 10.0 Å². The van der Waals surface area contributed by atoms with E-state index in [1.54, 1.807) is 24.9 Å². The number of carboxylic acid groups (broad SMARTS) is 1. The molecule has 0 unspecified atom stereocenters. The number of pyridine rings is 1. The summed E-state index contributed by atoms with van der Waals surface area (Å²) in [4.78, 5) is 17.4. The van der Waals surface area contributed by atoms with E-state index in [0.29, 0.717) is 18.1 Å². The molecule has 0 aromatic carbocycles. The molecule has 100 valence electrons. The lowest BCUT2D eigenvalue weighted by atomic mass is 10.2. The summed E-state index contributed by atoms with van der Waals surface area (Å²) < 4.78 is 1.59. The molecule has 2 rings (SSSR count). The van der Waals surface area contributed by atoms with E-state index in [0.717, 1.165) is 5.69 Å². The molecule has 6 heteroatoms. The van der Waals surface area contributed by atoms with Crippen LogP contribution in [-0.4, -0.2) is 32.9 Å². The molecule has 1 N–H and O–H groups in total. The van der Waals surface area contributed by atoms with Crippen molar-refractivity contribution in [1.82, 2.24) is 14.8 Å². The van der Waals surface area contributed by atoms with E-state index >= 15 is 0 Å². The van der Waals surface area contributed by atoms with Gasteiger partial charge in [0.25, 0.3) is 0 Å². The van der Waals surface area contributed by atoms with Gasteiger partial charge in [-0.15, -0.1) is 0 Å². The standard InChI is InChI=1S/C13H16N4O2/c1-9-11(13(18)19)12(17(3)15-9)16(2)8-10-6-4-5-7-14-10/h4-7H,8H2,1-3H3,(H,18,19). The highest BCUT2D eigenvalue weighted by Gasteiger charge is 2.22. The number of rotatable bonds is 4. The average molecular weight is 260 g/mol. The van der Waals surface area contributed by atoms with E-state index < -0.39 is 5.97 Å². The first kappa shape index (κ1) is 13.1. The van der Waals surface area contributed by atoms with Crippen LogP contribution in [0.2, 0.25) is 0 Å². The Morgan fingerprint density at radius 2 is 2.21 bits per heavy atom. The molecular weight excluding hydrogens is 244 g/mol. The van der Waals surface area contributed by atoms with E-state index in [-0.39, 0.29) is 5.56 Å². The second kappa shape index (κ2) is 5.09. The van der Waals surface area contributed by atoms with Crippen molar-refractivity contribution < 1.29 is 9.90 Å².